The molecule has 0 saturated carbocycles. The number of benzene rings is 2. The molecule has 1 fully saturated rings. The third-order valence-electron chi connectivity index (χ3n) is 4.90. The maximum Gasteiger partial charge on any atom is 0.344 e. The van der Waals surface area contributed by atoms with Gasteiger partial charge in [0.05, 0.1) is 6.54 Å². The number of urea groups is 1. The van der Waals surface area contributed by atoms with Gasteiger partial charge in [0.25, 0.3) is 11.8 Å². The second-order valence-electron chi connectivity index (χ2n) is 7.03. The zero-order chi connectivity index (χ0) is 21.0. The Bertz CT molecular complexity index is 904. The van der Waals surface area contributed by atoms with Crippen LogP contribution in [0, 0.1) is 5.82 Å². The number of hydrogen-bond acceptors (Lipinski definition) is 4. The highest BCUT2D eigenvalue weighted by atomic mass is 19.1. The van der Waals surface area contributed by atoms with E-state index < -0.39 is 23.4 Å². The van der Waals surface area contributed by atoms with Gasteiger partial charge in [-0.1, -0.05) is 49.4 Å². The van der Waals surface area contributed by atoms with E-state index in [2.05, 4.69) is 10.7 Å². The smallest absolute Gasteiger partial charge is 0.318 e. The summed E-state index contributed by atoms with van der Waals surface area (Å²) in [6, 6.07) is 14.2. The van der Waals surface area contributed by atoms with Gasteiger partial charge in [-0.2, -0.15) is 5.01 Å². The highest BCUT2D eigenvalue weighted by Gasteiger charge is 2.52. The van der Waals surface area contributed by atoms with Crippen molar-refractivity contribution in [2.75, 3.05) is 13.6 Å². The molecule has 2 aromatic rings. The molecule has 29 heavy (non-hydrogen) atoms. The number of imide groups is 1. The van der Waals surface area contributed by atoms with Crippen LogP contribution in [0.5, 0.6) is 0 Å². The van der Waals surface area contributed by atoms with E-state index in [-0.39, 0.29) is 12.4 Å². The lowest BCUT2D eigenvalue weighted by Gasteiger charge is -2.25. The maximum atomic E-state index is 13.0. The number of likely N-dealkylation sites (N-methyl/N-ethyl adjacent to an activating group) is 1. The number of hydrogen-bond donors (Lipinski definition) is 2. The molecule has 1 aliphatic rings. The Morgan fingerprint density at radius 2 is 1.79 bits per heavy atom. The van der Waals surface area contributed by atoms with Crippen LogP contribution in [0.15, 0.2) is 54.6 Å². The van der Waals surface area contributed by atoms with Crippen molar-refractivity contribution >= 4 is 17.8 Å². The maximum absolute atomic E-state index is 13.0. The molecule has 1 aliphatic heterocycles. The molecular formula is C21H23FN4O3. The number of halogens is 1. The summed E-state index contributed by atoms with van der Waals surface area (Å²) >= 11 is 0. The topological polar surface area (TPSA) is 81.8 Å². The van der Waals surface area contributed by atoms with E-state index in [1.165, 1.54) is 12.1 Å². The standard InChI is InChI=1S/C21H23FN4O3/c1-3-21(16-7-5-4-6-8-16)19(28)26(20(29)23-21)24-18(27)14-25(2)13-15-9-11-17(22)12-10-15/h4-12H,3,13-14H2,1-2H3,(H,23,29)(H,24,27)/t21-/m0/s1. The Morgan fingerprint density at radius 1 is 1.14 bits per heavy atom. The highest BCUT2D eigenvalue weighted by Crippen LogP contribution is 2.31. The second kappa shape index (κ2) is 8.40. The molecular weight excluding hydrogens is 375 g/mol. The van der Waals surface area contributed by atoms with E-state index in [1.54, 1.807) is 55.3 Å². The summed E-state index contributed by atoms with van der Waals surface area (Å²) in [4.78, 5) is 39.5. The minimum absolute atomic E-state index is 0.0428. The minimum atomic E-state index is -1.20. The Balaban J connectivity index is 1.65. The molecule has 8 heteroatoms. The third kappa shape index (κ3) is 4.27. The molecule has 0 spiro atoms. The van der Waals surface area contributed by atoms with E-state index in [1.807, 2.05) is 6.07 Å². The molecule has 1 atom stereocenters. The van der Waals surface area contributed by atoms with Gasteiger partial charge < -0.3 is 5.32 Å². The second-order valence-corrected chi connectivity index (χ2v) is 7.03. The fraction of sp³-hybridized carbons (Fsp3) is 0.286. The zero-order valence-corrected chi connectivity index (χ0v) is 16.3. The molecule has 4 amide bonds. The first kappa shape index (κ1) is 20.5. The van der Waals surface area contributed by atoms with Crippen LogP contribution in [0.2, 0.25) is 0 Å². The van der Waals surface area contributed by atoms with Crippen LogP contribution in [0.1, 0.15) is 24.5 Å². The lowest BCUT2D eigenvalue weighted by molar-refractivity contribution is -0.139. The first-order valence-electron chi connectivity index (χ1n) is 9.30. The molecule has 7 nitrogen and oxygen atoms in total. The largest absolute Gasteiger partial charge is 0.344 e. The van der Waals surface area contributed by atoms with Crippen LogP contribution in [-0.4, -0.2) is 41.3 Å². The number of carbonyl (C=O) groups is 3. The fourth-order valence-electron chi connectivity index (χ4n) is 3.40. The summed E-state index contributed by atoms with van der Waals surface area (Å²) in [5, 5.41) is 3.45. The molecule has 0 aliphatic carbocycles. The molecule has 3 rings (SSSR count). The first-order valence-corrected chi connectivity index (χ1v) is 9.30. The van der Waals surface area contributed by atoms with E-state index >= 15 is 0 Å². The normalized spacial score (nSPS) is 18.8. The van der Waals surface area contributed by atoms with Crippen LogP contribution < -0.4 is 10.7 Å². The van der Waals surface area contributed by atoms with Crippen molar-refractivity contribution < 1.29 is 18.8 Å². The highest BCUT2D eigenvalue weighted by molar-refractivity contribution is 6.08. The summed E-state index contributed by atoms with van der Waals surface area (Å²) in [6.45, 7) is 2.17. The van der Waals surface area contributed by atoms with E-state index in [0.717, 1.165) is 10.6 Å². The molecule has 0 aromatic heterocycles. The number of amides is 4. The van der Waals surface area contributed by atoms with Gasteiger partial charge >= 0.3 is 6.03 Å². The van der Waals surface area contributed by atoms with Crippen molar-refractivity contribution in [2.45, 2.75) is 25.4 Å². The van der Waals surface area contributed by atoms with Crippen LogP contribution in [0.4, 0.5) is 9.18 Å². The van der Waals surface area contributed by atoms with Crippen LogP contribution in [0.25, 0.3) is 0 Å². The third-order valence-corrected chi connectivity index (χ3v) is 4.90. The summed E-state index contributed by atoms with van der Waals surface area (Å²) in [5.74, 6) is -1.35. The van der Waals surface area contributed by atoms with Gasteiger partial charge in [0.2, 0.25) is 0 Å². The summed E-state index contributed by atoms with van der Waals surface area (Å²) in [6.07, 6.45) is 0.346. The summed E-state index contributed by atoms with van der Waals surface area (Å²) < 4.78 is 13.0. The zero-order valence-electron chi connectivity index (χ0n) is 16.3. The average Bonchev–Trinajstić information content (AvgIpc) is 2.95. The lowest BCUT2D eigenvalue weighted by Crippen LogP contribution is -2.50. The van der Waals surface area contributed by atoms with Gasteiger partial charge in [-0.05, 0) is 36.7 Å². The Kier molecular flexibility index (Phi) is 5.93. The van der Waals surface area contributed by atoms with Crippen molar-refractivity contribution in [2.24, 2.45) is 0 Å². The van der Waals surface area contributed by atoms with Gasteiger partial charge in [-0.25, -0.2) is 9.18 Å². The molecule has 0 bridgehead atoms. The lowest BCUT2D eigenvalue weighted by atomic mass is 9.87. The van der Waals surface area contributed by atoms with Gasteiger partial charge in [0, 0.05) is 6.54 Å². The summed E-state index contributed by atoms with van der Waals surface area (Å²) in [7, 11) is 1.72. The molecule has 1 heterocycles. The number of nitrogens with one attached hydrogen (secondary N) is 2. The van der Waals surface area contributed by atoms with Crippen molar-refractivity contribution in [3.8, 4) is 0 Å². The Labute approximate surface area is 168 Å². The Hall–Kier alpha value is -3.26. The quantitative estimate of drug-likeness (QED) is 0.701. The number of rotatable bonds is 7. The van der Waals surface area contributed by atoms with Crippen molar-refractivity contribution in [1.82, 2.24) is 20.7 Å². The SMILES string of the molecule is CC[C@@]1(c2ccccc2)NC(=O)N(NC(=O)CN(C)Cc2ccc(F)cc2)C1=O. The monoisotopic (exact) mass is 398 g/mol. The average molecular weight is 398 g/mol. The number of hydrazine groups is 1. The van der Waals surface area contributed by atoms with Gasteiger partial charge in [0.15, 0.2) is 0 Å². The van der Waals surface area contributed by atoms with Gasteiger partial charge in [-0.3, -0.25) is 19.9 Å². The van der Waals surface area contributed by atoms with E-state index in [4.69, 9.17) is 0 Å². The summed E-state index contributed by atoms with van der Waals surface area (Å²) in [5.41, 5.74) is 2.69. The molecule has 2 N–H and O–H groups in total. The van der Waals surface area contributed by atoms with E-state index in [9.17, 15) is 18.8 Å². The number of nitrogens with zero attached hydrogens (tertiary/aromatic N) is 2. The van der Waals surface area contributed by atoms with Crippen molar-refractivity contribution in [1.29, 1.82) is 0 Å². The molecule has 0 unspecified atom stereocenters. The van der Waals surface area contributed by atoms with Gasteiger partial charge in [0.1, 0.15) is 11.4 Å². The van der Waals surface area contributed by atoms with Crippen LogP contribution in [0.3, 0.4) is 0 Å². The van der Waals surface area contributed by atoms with Crippen LogP contribution in [-0.2, 0) is 21.7 Å². The predicted molar refractivity (Wildman–Crippen MR) is 105 cm³/mol. The van der Waals surface area contributed by atoms with Crippen molar-refractivity contribution in [3.05, 3.63) is 71.5 Å². The predicted octanol–water partition coefficient (Wildman–Crippen LogP) is 2.15. The van der Waals surface area contributed by atoms with E-state index in [0.29, 0.717) is 18.5 Å². The minimum Gasteiger partial charge on any atom is -0.318 e. The van der Waals surface area contributed by atoms with Gasteiger partial charge in [-0.15, -0.1) is 0 Å². The Morgan fingerprint density at radius 3 is 2.41 bits per heavy atom. The molecule has 0 radical (unpaired) electrons. The number of carbonyl (C=O) groups excluding carboxylic acids is 3. The molecule has 1 saturated heterocycles. The van der Waals surface area contributed by atoms with Crippen molar-refractivity contribution in [3.63, 3.8) is 0 Å². The molecule has 152 valence electrons. The van der Waals surface area contributed by atoms with Crippen LogP contribution >= 0.6 is 0 Å². The first-order chi connectivity index (χ1) is 13.9. The fourth-order valence-corrected chi connectivity index (χ4v) is 3.40. The molecule has 2 aromatic carbocycles.